The van der Waals surface area contributed by atoms with Crippen molar-refractivity contribution in [2.75, 3.05) is 17.7 Å². The van der Waals surface area contributed by atoms with Gasteiger partial charge in [-0.25, -0.2) is 0 Å². The Kier molecular flexibility index (Phi) is 5.45. The number of nitrogens with zero attached hydrogens (tertiary/aromatic N) is 2. The summed E-state index contributed by atoms with van der Waals surface area (Å²) in [5, 5.41) is 2.44. The van der Waals surface area contributed by atoms with Crippen molar-refractivity contribution in [2.45, 2.75) is 62.5 Å². The first kappa shape index (κ1) is 21.4. The van der Waals surface area contributed by atoms with Crippen LogP contribution in [-0.2, 0) is 5.41 Å². The summed E-state index contributed by atoms with van der Waals surface area (Å²) in [7, 11) is 2.12. The van der Waals surface area contributed by atoms with Gasteiger partial charge in [0.15, 0.2) is 0 Å². The Morgan fingerprint density at radius 2 is 1.72 bits per heavy atom. The Morgan fingerprint density at radius 3 is 2.50 bits per heavy atom. The molecule has 0 aromatic heterocycles. The number of aliphatic imine (C=N–C) groups is 1. The van der Waals surface area contributed by atoms with E-state index >= 15 is 0 Å². The van der Waals surface area contributed by atoms with E-state index in [4.69, 9.17) is 9.73 Å². The number of unbranched alkanes of at least 4 members (excludes halogenated alkanes) is 3. The highest BCUT2D eigenvalue weighted by Gasteiger charge is 2.58. The molecule has 1 spiro atoms. The fourth-order valence-corrected chi connectivity index (χ4v) is 6.31. The van der Waals surface area contributed by atoms with E-state index in [0.29, 0.717) is 0 Å². The van der Waals surface area contributed by atoms with Crippen molar-refractivity contribution in [3.05, 3.63) is 60.2 Å². The van der Waals surface area contributed by atoms with E-state index in [-0.39, 0.29) is 5.41 Å². The van der Waals surface area contributed by atoms with Crippen LogP contribution in [0.5, 0.6) is 5.75 Å². The Hall–Kier alpha value is -2.46. The van der Waals surface area contributed by atoms with Crippen molar-refractivity contribution in [2.24, 2.45) is 4.99 Å². The molecule has 1 unspecified atom stereocenters. The van der Waals surface area contributed by atoms with Gasteiger partial charge in [0, 0.05) is 23.0 Å². The lowest BCUT2D eigenvalue weighted by atomic mass is 9.77. The molecular weight excluding hydrogens is 412 g/mol. The molecule has 0 amide bonds. The summed E-state index contributed by atoms with van der Waals surface area (Å²) < 4.78 is 6.95. The quantitative estimate of drug-likeness (QED) is 0.287. The fourth-order valence-electron chi connectivity index (χ4n) is 5.22. The summed E-state index contributed by atoms with van der Waals surface area (Å²) in [4.78, 5) is 8.59. The third-order valence-electron chi connectivity index (χ3n) is 7.17. The minimum atomic E-state index is -0.644. The van der Waals surface area contributed by atoms with Gasteiger partial charge < -0.3 is 9.64 Å². The zero-order chi connectivity index (χ0) is 22.3. The Labute approximate surface area is 195 Å². The molecule has 3 nitrogen and oxygen atoms in total. The molecule has 0 saturated heterocycles. The van der Waals surface area contributed by atoms with Crippen molar-refractivity contribution in [3.63, 3.8) is 0 Å². The van der Waals surface area contributed by atoms with Crippen LogP contribution in [-0.4, -0.2) is 24.7 Å². The van der Waals surface area contributed by atoms with E-state index in [9.17, 15) is 0 Å². The van der Waals surface area contributed by atoms with Gasteiger partial charge in [0.1, 0.15) is 11.4 Å². The average molecular weight is 445 g/mol. The highest BCUT2D eigenvalue weighted by atomic mass is 32.2. The van der Waals surface area contributed by atoms with Crippen LogP contribution in [0.15, 0.2) is 64.5 Å². The summed E-state index contributed by atoms with van der Waals surface area (Å²) in [5.41, 5.74) is 2.57. The molecule has 4 heteroatoms. The van der Waals surface area contributed by atoms with Crippen LogP contribution in [0.25, 0.3) is 10.8 Å². The van der Waals surface area contributed by atoms with Crippen LogP contribution in [0.2, 0.25) is 0 Å². The molecule has 5 rings (SSSR count). The monoisotopic (exact) mass is 444 g/mol. The number of likely N-dealkylation sites (N-methyl/N-ethyl adjacent to an activating group) is 1. The van der Waals surface area contributed by atoms with Gasteiger partial charge >= 0.3 is 0 Å². The van der Waals surface area contributed by atoms with Crippen LogP contribution in [0.1, 0.15) is 52.0 Å². The second kappa shape index (κ2) is 8.15. The van der Waals surface area contributed by atoms with E-state index in [1.807, 2.05) is 18.0 Å². The molecule has 166 valence electrons. The van der Waals surface area contributed by atoms with Gasteiger partial charge in [0.2, 0.25) is 5.72 Å². The lowest BCUT2D eigenvalue weighted by Crippen LogP contribution is -2.61. The molecule has 0 saturated carbocycles. The third kappa shape index (κ3) is 3.14. The normalized spacial score (nSPS) is 20.4. The molecule has 0 radical (unpaired) electrons. The second-order valence-corrected chi connectivity index (χ2v) is 10.6. The predicted octanol–water partition coefficient (Wildman–Crippen LogP) is 7.73. The smallest absolute Gasteiger partial charge is 0.228 e. The lowest BCUT2D eigenvalue weighted by Gasteiger charge is -2.45. The molecule has 0 aliphatic carbocycles. The maximum atomic E-state index is 6.95. The van der Waals surface area contributed by atoms with Crippen LogP contribution < -0.4 is 9.64 Å². The number of benzene rings is 3. The van der Waals surface area contributed by atoms with Gasteiger partial charge in [-0.05, 0) is 49.1 Å². The molecule has 0 bridgehead atoms. The molecule has 0 N–H and O–H groups in total. The first-order chi connectivity index (χ1) is 15.5. The van der Waals surface area contributed by atoms with Crippen molar-refractivity contribution < 1.29 is 4.74 Å². The summed E-state index contributed by atoms with van der Waals surface area (Å²) in [6.07, 6.45) is 7.16. The van der Waals surface area contributed by atoms with Crippen LogP contribution in [0.4, 0.5) is 11.4 Å². The van der Waals surface area contributed by atoms with Gasteiger partial charge in [-0.15, -0.1) is 11.8 Å². The van der Waals surface area contributed by atoms with Crippen LogP contribution in [0.3, 0.4) is 0 Å². The SMILES string of the molecule is CCCCCCSc1cc2c(c3ccccc13)N=CC1(O2)N(C)c2ccccc2C1(C)C. The average Bonchev–Trinajstić information content (AvgIpc) is 2.97. The predicted molar refractivity (Wildman–Crippen MR) is 138 cm³/mol. The highest BCUT2D eigenvalue weighted by Crippen LogP contribution is 2.54. The molecule has 2 aliphatic rings. The summed E-state index contributed by atoms with van der Waals surface area (Å²) in [6, 6.07) is 19.4. The first-order valence-corrected chi connectivity index (χ1v) is 12.7. The standard InChI is InChI=1S/C28H32N2OS/c1-5-6-7-12-17-32-25-18-24-26(21-14-9-8-13-20(21)25)29-19-28(31-24)27(2,3)22-15-10-11-16-23(22)30(28)4/h8-11,13-16,18-19H,5-7,12,17H2,1-4H3. The molecule has 0 fully saturated rings. The number of anilines is 1. The molecule has 2 aliphatic heterocycles. The Morgan fingerprint density at radius 1 is 0.969 bits per heavy atom. The van der Waals surface area contributed by atoms with Crippen LogP contribution >= 0.6 is 11.8 Å². The number of thioether (sulfide) groups is 1. The van der Waals surface area contributed by atoms with Gasteiger partial charge in [0.05, 0.1) is 11.6 Å². The Bertz CT molecular complexity index is 1190. The van der Waals surface area contributed by atoms with Crippen molar-refractivity contribution in [1.82, 2.24) is 0 Å². The van der Waals surface area contributed by atoms with Crippen molar-refractivity contribution in [3.8, 4) is 5.75 Å². The summed E-state index contributed by atoms with van der Waals surface area (Å²) in [5.74, 6) is 2.02. The largest absolute Gasteiger partial charge is 0.459 e. The third-order valence-corrected chi connectivity index (χ3v) is 8.31. The van der Waals surface area contributed by atoms with Gasteiger partial charge in [-0.3, -0.25) is 4.99 Å². The van der Waals surface area contributed by atoms with E-state index in [1.165, 1.54) is 52.6 Å². The summed E-state index contributed by atoms with van der Waals surface area (Å²) in [6.45, 7) is 6.78. The molecule has 2 heterocycles. The molecule has 3 aromatic carbocycles. The maximum Gasteiger partial charge on any atom is 0.228 e. The van der Waals surface area contributed by atoms with E-state index in [0.717, 1.165) is 17.2 Å². The number of hydrogen-bond acceptors (Lipinski definition) is 4. The molecular formula is C28H32N2OS. The zero-order valence-electron chi connectivity index (χ0n) is 19.5. The lowest BCUT2D eigenvalue weighted by molar-refractivity contribution is 0.0824. The van der Waals surface area contributed by atoms with E-state index in [2.05, 4.69) is 87.3 Å². The van der Waals surface area contributed by atoms with Gasteiger partial charge in [0.25, 0.3) is 0 Å². The molecule has 32 heavy (non-hydrogen) atoms. The number of para-hydroxylation sites is 1. The van der Waals surface area contributed by atoms with Crippen molar-refractivity contribution >= 4 is 40.1 Å². The Balaban J connectivity index is 1.55. The first-order valence-electron chi connectivity index (χ1n) is 11.8. The fraction of sp³-hybridized carbons (Fsp3) is 0.393. The van der Waals surface area contributed by atoms with Crippen molar-refractivity contribution in [1.29, 1.82) is 0 Å². The van der Waals surface area contributed by atoms with Crippen LogP contribution in [0, 0.1) is 0 Å². The minimum Gasteiger partial charge on any atom is -0.459 e. The number of hydrogen-bond donors (Lipinski definition) is 0. The maximum absolute atomic E-state index is 6.95. The van der Waals surface area contributed by atoms with Gasteiger partial charge in [-0.2, -0.15) is 0 Å². The highest BCUT2D eigenvalue weighted by molar-refractivity contribution is 7.99. The number of rotatable bonds is 6. The zero-order valence-corrected chi connectivity index (χ0v) is 20.3. The van der Waals surface area contributed by atoms with E-state index < -0.39 is 5.72 Å². The minimum absolute atomic E-state index is 0.237. The molecule has 1 atom stereocenters. The number of ether oxygens (including phenoxy) is 1. The topological polar surface area (TPSA) is 24.8 Å². The molecule has 3 aromatic rings. The second-order valence-electron chi connectivity index (χ2n) is 9.43. The van der Waals surface area contributed by atoms with Gasteiger partial charge in [-0.1, -0.05) is 68.7 Å². The summed E-state index contributed by atoms with van der Waals surface area (Å²) >= 11 is 1.95. The van der Waals surface area contributed by atoms with E-state index in [1.54, 1.807) is 0 Å². The number of fused-ring (bicyclic) bond motifs is 4.